The smallest absolute Gasteiger partial charge is 0.258 e. The average Bonchev–Trinajstić information content (AvgIpc) is 2.61. The van der Waals surface area contributed by atoms with Gasteiger partial charge in [-0.3, -0.25) is 9.59 Å². The Hall–Kier alpha value is -2.68. The number of hydrogen-bond acceptors (Lipinski definition) is 4. The highest BCUT2D eigenvalue weighted by molar-refractivity contribution is 5.78. The number of aromatic amines is 1. The molecule has 1 saturated carbocycles. The highest BCUT2D eigenvalue weighted by atomic mass is 16.1. The molecule has 1 aromatic carbocycles. The molecule has 0 bridgehead atoms. The Balaban J connectivity index is 1.66. The molecule has 0 spiro atoms. The van der Waals surface area contributed by atoms with Gasteiger partial charge >= 0.3 is 0 Å². The van der Waals surface area contributed by atoms with Gasteiger partial charge in [-0.1, -0.05) is 31.4 Å². The van der Waals surface area contributed by atoms with Crippen molar-refractivity contribution in [1.29, 1.82) is 5.26 Å². The minimum absolute atomic E-state index is 0.172. The number of rotatable bonds is 4. The predicted octanol–water partition coefficient (Wildman–Crippen LogP) is 2.20. The molecule has 2 N–H and O–H groups in total. The summed E-state index contributed by atoms with van der Waals surface area (Å²) in [5, 5.41) is 12.8. The lowest BCUT2D eigenvalue weighted by atomic mass is 9.83. The second-order valence-electron chi connectivity index (χ2n) is 6.33. The molecule has 6 nitrogen and oxygen atoms in total. The molecule has 1 fully saturated rings. The molecular weight excluding hydrogens is 304 g/mol. The maximum atomic E-state index is 12.2. The van der Waals surface area contributed by atoms with Gasteiger partial charge in [0.2, 0.25) is 5.91 Å². The molecule has 0 unspecified atom stereocenters. The zero-order valence-electron chi connectivity index (χ0n) is 13.5. The van der Waals surface area contributed by atoms with Crippen LogP contribution in [0, 0.1) is 11.3 Å². The minimum Gasteiger partial charge on any atom is -0.338 e. The van der Waals surface area contributed by atoms with E-state index in [0.717, 1.165) is 19.3 Å². The van der Waals surface area contributed by atoms with E-state index in [4.69, 9.17) is 0 Å². The van der Waals surface area contributed by atoms with E-state index in [1.165, 1.54) is 0 Å². The number of aryl methyl sites for hydroxylation is 1. The van der Waals surface area contributed by atoms with Gasteiger partial charge in [0.05, 0.1) is 17.0 Å². The number of hydrogen-bond donors (Lipinski definition) is 2. The number of fused-ring (bicyclic) bond motifs is 1. The Kier molecular flexibility index (Phi) is 4.61. The molecule has 3 rings (SSSR count). The van der Waals surface area contributed by atoms with Crippen LogP contribution in [-0.2, 0) is 11.2 Å². The van der Waals surface area contributed by atoms with Crippen LogP contribution >= 0.6 is 0 Å². The fourth-order valence-corrected chi connectivity index (χ4v) is 3.23. The number of H-pyrrole nitrogens is 1. The zero-order valence-corrected chi connectivity index (χ0v) is 13.5. The van der Waals surface area contributed by atoms with E-state index < -0.39 is 5.54 Å². The van der Waals surface area contributed by atoms with E-state index in [9.17, 15) is 14.9 Å². The summed E-state index contributed by atoms with van der Waals surface area (Å²) in [4.78, 5) is 31.3. The summed E-state index contributed by atoms with van der Waals surface area (Å²) >= 11 is 0. The summed E-state index contributed by atoms with van der Waals surface area (Å²) in [6, 6.07) is 9.39. The first-order chi connectivity index (χ1) is 11.6. The summed E-state index contributed by atoms with van der Waals surface area (Å²) in [6.07, 6.45) is 5.00. The van der Waals surface area contributed by atoms with Crippen LogP contribution in [0.1, 0.15) is 44.3 Å². The highest BCUT2D eigenvalue weighted by Gasteiger charge is 2.33. The number of carbonyl (C=O) groups excluding carboxylic acids is 1. The summed E-state index contributed by atoms with van der Waals surface area (Å²) in [7, 11) is 0. The molecule has 2 aromatic rings. The van der Waals surface area contributed by atoms with Gasteiger partial charge in [0, 0.05) is 12.8 Å². The minimum atomic E-state index is -0.723. The quantitative estimate of drug-likeness (QED) is 0.900. The fourth-order valence-electron chi connectivity index (χ4n) is 3.23. The van der Waals surface area contributed by atoms with E-state index >= 15 is 0 Å². The predicted molar refractivity (Wildman–Crippen MR) is 90.3 cm³/mol. The van der Waals surface area contributed by atoms with Gasteiger partial charge in [-0.15, -0.1) is 0 Å². The zero-order chi connectivity index (χ0) is 17.0. The summed E-state index contributed by atoms with van der Waals surface area (Å²) < 4.78 is 0. The van der Waals surface area contributed by atoms with Crippen LogP contribution in [0.2, 0.25) is 0 Å². The standard InChI is InChI=1S/C18H20N4O2/c19-12-18(10-4-1-5-11-18)22-16(23)9-8-15-20-14-7-3-2-6-13(14)17(24)21-15/h2-3,6-7H,1,4-5,8-11H2,(H,22,23)(H,20,21,24). The number of carbonyl (C=O) groups is 1. The Bertz CT molecular complexity index is 844. The largest absolute Gasteiger partial charge is 0.338 e. The molecular formula is C18H20N4O2. The molecule has 0 saturated heterocycles. The summed E-state index contributed by atoms with van der Waals surface area (Å²) in [5.74, 6) is 0.317. The lowest BCUT2D eigenvalue weighted by molar-refractivity contribution is -0.122. The van der Waals surface area contributed by atoms with Crippen LogP contribution < -0.4 is 10.9 Å². The molecule has 6 heteroatoms. The number of nitrogens with zero attached hydrogens (tertiary/aromatic N) is 2. The monoisotopic (exact) mass is 324 g/mol. The van der Waals surface area contributed by atoms with Crippen molar-refractivity contribution < 1.29 is 4.79 Å². The first-order valence-electron chi connectivity index (χ1n) is 8.32. The number of nitriles is 1. The first kappa shape index (κ1) is 16.2. The molecule has 124 valence electrons. The highest BCUT2D eigenvalue weighted by Crippen LogP contribution is 2.27. The molecule has 24 heavy (non-hydrogen) atoms. The van der Waals surface area contributed by atoms with Gasteiger partial charge < -0.3 is 10.3 Å². The van der Waals surface area contributed by atoms with Crippen LogP contribution in [-0.4, -0.2) is 21.4 Å². The summed E-state index contributed by atoms with van der Waals surface area (Å²) in [6.45, 7) is 0. The molecule has 0 radical (unpaired) electrons. The van der Waals surface area contributed by atoms with Crippen LogP contribution in [0.15, 0.2) is 29.1 Å². The third-order valence-electron chi connectivity index (χ3n) is 4.55. The van der Waals surface area contributed by atoms with Crippen molar-refractivity contribution in [1.82, 2.24) is 15.3 Å². The van der Waals surface area contributed by atoms with Gasteiger partial charge in [-0.25, -0.2) is 4.98 Å². The van der Waals surface area contributed by atoms with Gasteiger partial charge in [-0.2, -0.15) is 5.26 Å². The van der Waals surface area contributed by atoms with Crippen molar-refractivity contribution in [3.05, 3.63) is 40.4 Å². The lowest BCUT2D eigenvalue weighted by Crippen LogP contribution is -2.48. The fraction of sp³-hybridized carbons (Fsp3) is 0.444. The summed E-state index contributed by atoms with van der Waals surface area (Å²) in [5.41, 5.74) is -0.297. The SMILES string of the molecule is N#CC1(NC(=O)CCc2nc3ccccc3c(=O)[nH]2)CCCCC1. The van der Waals surface area contributed by atoms with Crippen LogP contribution in [0.5, 0.6) is 0 Å². The van der Waals surface area contributed by atoms with Crippen molar-refractivity contribution in [2.75, 3.05) is 0 Å². The molecule has 1 aliphatic rings. The van der Waals surface area contributed by atoms with Crippen molar-refractivity contribution in [3.63, 3.8) is 0 Å². The Morgan fingerprint density at radius 2 is 2.04 bits per heavy atom. The van der Waals surface area contributed by atoms with Crippen molar-refractivity contribution >= 4 is 16.8 Å². The molecule has 0 aliphatic heterocycles. The first-order valence-corrected chi connectivity index (χ1v) is 8.32. The van der Waals surface area contributed by atoms with Crippen LogP contribution in [0.4, 0.5) is 0 Å². The molecule has 1 amide bonds. The van der Waals surface area contributed by atoms with Crippen LogP contribution in [0.25, 0.3) is 10.9 Å². The third kappa shape index (κ3) is 3.46. The van der Waals surface area contributed by atoms with Gasteiger partial charge in [0.1, 0.15) is 11.4 Å². The van der Waals surface area contributed by atoms with E-state index in [2.05, 4.69) is 21.4 Å². The maximum absolute atomic E-state index is 12.2. The third-order valence-corrected chi connectivity index (χ3v) is 4.55. The molecule has 1 heterocycles. The maximum Gasteiger partial charge on any atom is 0.258 e. The number of amides is 1. The topological polar surface area (TPSA) is 98.6 Å². The lowest BCUT2D eigenvalue weighted by Gasteiger charge is -2.31. The van der Waals surface area contributed by atoms with E-state index in [0.29, 0.717) is 36.0 Å². The Morgan fingerprint density at radius 1 is 1.29 bits per heavy atom. The van der Waals surface area contributed by atoms with Crippen molar-refractivity contribution in [3.8, 4) is 6.07 Å². The van der Waals surface area contributed by atoms with Crippen molar-refractivity contribution in [2.45, 2.75) is 50.5 Å². The van der Waals surface area contributed by atoms with E-state index in [1.807, 2.05) is 6.07 Å². The Labute approximate surface area is 139 Å². The van der Waals surface area contributed by atoms with Crippen LogP contribution in [0.3, 0.4) is 0 Å². The second kappa shape index (κ2) is 6.83. The van der Waals surface area contributed by atoms with Crippen molar-refractivity contribution in [2.24, 2.45) is 0 Å². The van der Waals surface area contributed by atoms with Gasteiger partial charge in [0.25, 0.3) is 5.56 Å². The average molecular weight is 324 g/mol. The molecule has 1 aliphatic carbocycles. The Morgan fingerprint density at radius 3 is 2.79 bits per heavy atom. The molecule has 0 atom stereocenters. The number of benzene rings is 1. The van der Waals surface area contributed by atoms with E-state index in [-0.39, 0.29) is 17.9 Å². The number of para-hydroxylation sites is 1. The van der Waals surface area contributed by atoms with Gasteiger partial charge in [0.15, 0.2) is 0 Å². The van der Waals surface area contributed by atoms with E-state index in [1.54, 1.807) is 18.2 Å². The van der Waals surface area contributed by atoms with Gasteiger partial charge in [-0.05, 0) is 25.0 Å². The second-order valence-corrected chi connectivity index (χ2v) is 6.33. The normalized spacial score (nSPS) is 16.5. The number of aromatic nitrogens is 2. The number of nitrogens with one attached hydrogen (secondary N) is 2. The molecule has 1 aromatic heterocycles.